The summed E-state index contributed by atoms with van der Waals surface area (Å²) in [6.45, 7) is 6.15. The van der Waals surface area contributed by atoms with Crippen LogP contribution in [0.1, 0.15) is 21.6 Å². The van der Waals surface area contributed by atoms with Crippen LogP contribution in [0.5, 0.6) is 0 Å². The second kappa shape index (κ2) is 5.97. The van der Waals surface area contributed by atoms with Crippen molar-refractivity contribution >= 4 is 22.0 Å². The molecule has 23 heavy (non-hydrogen) atoms. The van der Waals surface area contributed by atoms with E-state index in [1.807, 2.05) is 24.5 Å². The monoisotopic (exact) mass is 319 g/mol. The van der Waals surface area contributed by atoms with E-state index in [2.05, 4.69) is 45.7 Å². The molecular weight excluding hydrogens is 302 g/mol. The summed E-state index contributed by atoms with van der Waals surface area (Å²) in [7, 11) is 0. The van der Waals surface area contributed by atoms with Crippen LogP contribution in [0.2, 0.25) is 0 Å². The Bertz CT molecular complexity index is 839. The fourth-order valence-electron chi connectivity index (χ4n) is 2.89. The van der Waals surface area contributed by atoms with Crippen molar-refractivity contribution in [1.29, 1.82) is 0 Å². The van der Waals surface area contributed by atoms with Gasteiger partial charge in [-0.05, 0) is 29.2 Å². The minimum absolute atomic E-state index is 0.933. The SMILES string of the molecule is C=C(c1cccnc1)c1cnc(N2CCc3ccccc3C2)s1. The molecule has 0 aliphatic carbocycles. The molecule has 0 radical (unpaired) electrons. The number of pyridine rings is 1. The van der Waals surface area contributed by atoms with E-state index < -0.39 is 0 Å². The molecule has 0 N–H and O–H groups in total. The quantitative estimate of drug-likeness (QED) is 0.726. The molecule has 0 fully saturated rings. The van der Waals surface area contributed by atoms with Crippen LogP contribution in [0.25, 0.3) is 5.57 Å². The third-order valence-electron chi connectivity index (χ3n) is 4.20. The zero-order valence-electron chi connectivity index (χ0n) is 12.8. The third-order valence-corrected chi connectivity index (χ3v) is 5.32. The molecule has 4 heteroatoms. The van der Waals surface area contributed by atoms with Gasteiger partial charge in [0.25, 0.3) is 0 Å². The van der Waals surface area contributed by atoms with E-state index in [0.717, 1.165) is 40.7 Å². The van der Waals surface area contributed by atoms with E-state index >= 15 is 0 Å². The van der Waals surface area contributed by atoms with Crippen molar-refractivity contribution in [2.45, 2.75) is 13.0 Å². The molecule has 0 amide bonds. The van der Waals surface area contributed by atoms with E-state index in [9.17, 15) is 0 Å². The zero-order valence-corrected chi connectivity index (χ0v) is 13.6. The highest BCUT2D eigenvalue weighted by atomic mass is 32.1. The van der Waals surface area contributed by atoms with Crippen molar-refractivity contribution in [1.82, 2.24) is 9.97 Å². The summed E-state index contributed by atoms with van der Waals surface area (Å²) in [5, 5.41) is 1.07. The Labute approximate surface area is 140 Å². The maximum absolute atomic E-state index is 4.62. The highest BCUT2D eigenvalue weighted by Gasteiger charge is 2.19. The molecule has 3 heterocycles. The van der Waals surface area contributed by atoms with Crippen molar-refractivity contribution in [3.8, 4) is 0 Å². The predicted molar refractivity (Wildman–Crippen MR) is 95.7 cm³/mol. The van der Waals surface area contributed by atoms with Gasteiger partial charge < -0.3 is 4.90 Å². The van der Waals surface area contributed by atoms with E-state index in [0.29, 0.717) is 0 Å². The van der Waals surface area contributed by atoms with Crippen molar-refractivity contribution in [3.05, 3.63) is 83.1 Å². The molecule has 1 aromatic carbocycles. The summed E-state index contributed by atoms with van der Waals surface area (Å²) in [6, 6.07) is 12.6. The Hall–Kier alpha value is -2.46. The number of hydrogen-bond donors (Lipinski definition) is 0. The van der Waals surface area contributed by atoms with E-state index in [4.69, 9.17) is 0 Å². The third kappa shape index (κ3) is 2.78. The Morgan fingerprint density at radius 2 is 1.96 bits per heavy atom. The second-order valence-electron chi connectivity index (χ2n) is 5.67. The first-order chi connectivity index (χ1) is 11.3. The molecule has 114 valence electrons. The summed E-state index contributed by atoms with van der Waals surface area (Å²) in [4.78, 5) is 12.2. The highest BCUT2D eigenvalue weighted by Crippen LogP contribution is 2.32. The first-order valence-corrected chi connectivity index (χ1v) is 8.50. The summed E-state index contributed by atoms with van der Waals surface area (Å²) < 4.78 is 0. The Morgan fingerprint density at radius 3 is 2.78 bits per heavy atom. The topological polar surface area (TPSA) is 29.0 Å². The smallest absolute Gasteiger partial charge is 0.186 e. The lowest BCUT2D eigenvalue weighted by Crippen LogP contribution is -2.30. The lowest BCUT2D eigenvalue weighted by atomic mass is 10.0. The van der Waals surface area contributed by atoms with Gasteiger partial charge in [-0.1, -0.05) is 48.2 Å². The van der Waals surface area contributed by atoms with Crippen LogP contribution >= 0.6 is 11.3 Å². The van der Waals surface area contributed by atoms with Crippen molar-refractivity contribution in [2.24, 2.45) is 0 Å². The van der Waals surface area contributed by atoms with Crippen molar-refractivity contribution in [2.75, 3.05) is 11.4 Å². The molecule has 0 spiro atoms. The summed E-state index contributed by atoms with van der Waals surface area (Å²) >= 11 is 1.70. The molecule has 1 aliphatic heterocycles. The number of hydrogen-bond acceptors (Lipinski definition) is 4. The van der Waals surface area contributed by atoms with Gasteiger partial charge in [-0.2, -0.15) is 0 Å². The molecule has 0 atom stereocenters. The fraction of sp³-hybridized carbons (Fsp3) is 0.158. The second-order valence-corrected chi connectivity index (χ2v) is 6.68. The number of nitrogens with zero attached hydrogens (tertiary/aromatic N) is 3. The first kappa shape index (κ1) is 14.2. The largest absolute Gasteiger partial charge is 0.343 e. The van der Waals surface area contributed by atoms with Gasteiger partial charge in [0.15, 0.2) is 5.13 Å². The number of rotatable bonds is 3. The van der Waals surface area contributed by atoms with E-state index in [1.165, 1.54) is 11.1 Å². The summed E-state index contributed by atoms with van der Waals surface area (Å²) in [5.74, 6) is 0. The van der Waals surface area contributed by atoms with Crippen molar-refractivity contribution in [3.63, 3.8) is 0 Å². The number of benzene rings is 1. The van der Waals surface area contributed by atoms with Gasteiger partial charge in [-0.3, -0.25) is 4.98 Å². The van der Waals surface area contributed by atoms with Crippen LogP contribution in [-0.4, -0.2) is 16.5 Å². The maximum atomic E-state index is 4.62. The molecule has 3 aromatic rings. The Balaban J connectivity index is 1.56. The average Bonchev–Trinajstić information content (AvgIpc) is 3.11. The average molecular weight is 319 g/mol. The molecule has 0 unspecified atom stereocenters. The van der Waals surface area contributed by atoms with Gasteiger partial charge in [-0.15, -0.1) is 0 Å². The van der Waals surface area contributed by atoms with Crippen molar-refractivity contribution < 1.29 is 0 Å². The van der Waals surface area contributed by atoms with E-state index in [1.54, 1.807) is 17.5 Å². The van der Waals surface area contributed by atoms with Gasteiger partial charge in [0.2, 0.25) is 0 Å². The lowest BCUT2D eigenvalue weighted by molar-refractivity contribution is 0.729. The number of aromatic nitrogens is 2. The first-order valence-electron chi connectivity index (χ1n) is 7.68. The summed E-state index contributed by atoms with van der Waals surface area (Å²) in [5.41, 5.74) is 4.90. The molecule has 0 bridgehead atoms. The standard InChI is InChI=1S/C19H17N3S/c1-14(16-7-4-9-20-11-16)18-12-21-19(23-18)22-10-8-15-5-2-3-6-17(15)13-22/h2-7,9,11-12H,1,8,10,13H2. The van der Waals surface area contributed by atoms with Crippen LogP contribution in [-0.2, 0) is 13.0 Å². The molecule has 2 aromatic heterocycles. The van der Waals surface area contributed by atoms with Crippen LogP contribution in [0.3, 0.4) is 0 Å². The predicted octanol–water partition coefficient (Wildman–Crippen LogP) is 4.16. The molecule has 3 nitrogen and oxygen atoms in total. The minimum atomic E-state index is 0.933. The van der Waals surface area contributed by atoms with Gasteiger partial charge in [0, 0.05) is 37.2 Å². The Kier molecular flexibility index (Phi) is 3.67. The highest BCUT2D eigenvalue weighted by molar-refractivity contribution is 7.16. The van der Waals surface area contributed by atoms with Gasteiger partial charge in [0.1, 0.15) is 0 Å². The molecular formula is C19H17N3S. The lowest BCUT2D eigenvalue weighted by Gasteiger charge is -2.28. The summed E-state index contributed by atoms with van der Waals surface area (Å²) in [6.07, 6.45) is 6.63. The van der Waals surface area contributed by atoms with Crippen LogP contribution in [0.15, 0.2) is 61.6 Å². The normalized spacial score (nSPS) is 13.7. The molecule has 0 saturated carbocycles. The zero-order chi connectivity index (χ0) is 15.6. The van der Waals surface area contributed by atoms with Gasteiger partial charge in [0.05, 0.1) is 4.88 Å². The van der Waals surface area contributed by atoms with Crippen LogP contribution in [0, 0.1) is 0 Å². The van der Waals surface area contributed by atoms with E-state index in [-0.39, 0.29) is 0 Å². The number of anilines is 1. The Morgan fingerprint density at radius 1 is 1.09 bits per heavy atom. The van der Waals surface area contributed by atoms with Crippen LogP contribution in [0.4, 0.5) is 5.13 Å². The molecule has 4 rings (SSSR count). The number of fused-ring (bicyclic) bond motifs is 1. The van der Waals surface area contributed by atoms with Gasteiger partial charge in [-0.25, -0.2) is 4.98 Å². The molecule has 0 saturated heterocycles. The number of thiazole rings is 1. The fourth-order valence-corrected chi connectivity index (χ4v) is 3.83. The van der Waals surface area contributed by atoms with Crippen LogP contribution < -0.4 is 4.90 Å². The van der Waals surface area contributed by atoms with Gasteiger partial charge >= 0.3 is 0 Å². The minimum Gasteiger partial charge on any atom is -0.343 e. The maximum Gasteiger partial charge on any atom is 0.186 e. The molecule has 1 aliphatic rings.